The molecule has 2 aromatic heterocycles. The second-order valence-electron chi connectivity index (χ2n) is 5.06. The number of aromatic nitrogens is 4. The van der Waals surface area contributed by atoms with Crippen LogP contribution in [0.2, 0.25) is 5.02 Å². The molecule has 7 nitrogen and oxygen atoms in total. The molecule has 0 saturated heterocycles. The molecular weight excluding hydrogens is 318 g/mol. The number of carbonyl (C=O) groups is 1. The van der Waals surface area contributed by atoms with Crippen LogP contribution in [0.25, 0.3) is 11.0 Å². The second-order valence-corrected chi connectivity index (χ2v) is 5.49. The Hall–Kier alpha value is -2.67. The number of benzene rings is 1. The molecule has 0 aliphatic carbocycles. The van der Waals surface area contributed by atoms with Crippen LogP contribution in [0.3, 0.4) is 0 Å². The average Bonchev–Trinajstić information content (AvgIpc) is 2.89. The third kappa shape index (κ3) is 3.24. The lowest BCUT2D eigenvalue weighted by Crippen LogP contribution is -2.23. The molecule has 0 bridgehead atoms. The largest absolute Gasteiger partial charge is 0.326 e. The summed E-state index contributed by atoms with van der Waals surface area (Å²) in [5.41, 5.74) is 0.934. The summed E-state index contributed by atoms with van der Waals surface area (Å²) in [6, 6.07) is 6.89. The fraction of sp³-hybridized carbons (Fsp3) is 0.200. The topological polar surface area (TPSA) is 81.8 Å². The first kappa shape index (κ1) is 15.2. The van der Waals surface area contributed by atoms with E-state index in [2.05, 4.69) is 15.4 Å². The van der Waals surface area contributed by atoms with Crippen molar-refractivity contribution < 1.29 is 4.79 Å². The monoisotopic (exact) mass is 331 g/mol. The molecule has 2 heterocycles. The van der Waals surface area contributed by atoms with Gasteiger partial charge in [0.05, 0.1) is 12.5 Å². The summed E-state index contributed by atoms with van der Waals surface area (Å²) < 4.78 is 2.94. The summed E-state index contributed by atoms with van der Waals surface area (Å²) in [6.07, 6.45) is 3.06. The molecule has 0 atom stereocenters. The van der Waals surface area contributed by atoms with E-state index in [0.717, 1.165) is 0 Å². The van der Waals surface area contributed by atoms with Crippen molar-refractivity contribution in [1.82, 2.24) is 19.3 Å². The van der Waals surface area contributed by atoms with Gasteiger partial charge in [0.25, 0.3) is 5.56 Å². The van der Waals surface area contributed by atoms with Crippen molar-refractivity contribution in [1.29, 1.82) is 0 Å². The number of hydrogen-bond donors (Lipinski definition) is 1. The van der Waals surface area contributed by atoms with E-state index in [0.29, 0.717) is 21.7 Å². The van der Waals surface area contributed by atoms with Gasteiger partial charge >= 0.3 is 0 Å². The Morgan fingerprint density at radius 2 is 2.22 bits per heavy atom. The Morgan fingerprint density at radius 1 is 1.39 bits per heavy atom. The highest BCUT2D eigenvalue weighted by atomic mass is 35.5. The van der Waals surface area contributed by atoms with Crippen LogP contribution in [0.4, 0.5) is 5.69 Å². The fourth-order valence-electron chi connectivity index (χ4n) is 2.24. The Labute approximate surface area is 136 Å². The first-order valence-corrected chi connectivity index (χ1v) is 7.35. The number of hydrogen-bond acceptors (Lipinski definition) is 4. The number of carbonyl (C=O) groups excluding carboxylic acids is 1. The molecule has 0 unspecified atom stereocenters. The fourth-order valence-corrected chi connectivity index (χ4v) is 2.43. The van der Waals surface area contributed by atoms with Crippen molar-refractivity contribution in [2.24, 2.45) is 7.05 Å². The summed E-state index contributed by atoms with van der Waals surface area (Å²) in [6.45, 7) is 0.239. The maximum atomic E-state index is 12.3. The van der Waals surface area contributed by atoms with Crippen LogP contribution in [0.5, 0.6) is 0 Å². The van der Waals surface area contributed by atoms with Gasteiger partial charge in [-0.05, 0) is 18.2 Å². The Morgan fingerprint density at radius 3 is 3.00 bits per heavy atom. The average molecular weight is 332 g/mol. The van der Waals surface area contributed by atoms with Crippen molar-refractivity contribution in [2.45, 2.75) is 13.0 Å². The SMILES string of the molecule is Cn1ncc2c(=O)n(CCC(=O)Nc3cccc(Cl)c3)cnc21. The van der Waals surface area contributed by atoms with E-state index in [1.807, 2.05) is 0 Å². The second kappa shape index (κ2) is 6.21. The lowest BCUT2D eigenvalue weighted by molar-refractivity contribution is -0.116. The zero-order valence-corrected chi connectivity index (χ0v) is 13.1. The van der Waals surface area contributed by atoms with Gasteiger partial charge in [0.2, 0.25) is 5.91 Å². The molecule has 0 aliphatic heterocycles. The van der Waals surface area contributed by atoms with E-state index in [9.17, 15) is 9.59 Å². The summed E-state index contributed by atoms with van der Waals surface area (Å²) in [4.78, 5) is 28.4. The molecule has 0 saturated carbocycles. The van der Waals surface area contributed by atoms with Crippen molar-refractivity contribution in [3.8, 4) is 0 Å². The Bertz CT molecular complexity index is 931. The number of fused-ring (bicyclic) bond motifs is 1. The normalized spacial score (nSPS) is 10.9. The van der Waals surface area contributed by atoms with Gasteiger partial charge in [0, 0.05) is 30.7 Å². The number of nitrogens with one attached hydrogen (secondary N) is 1. The minimum absolute atomic E-state index is 0.153. The molecule has 0 radical (unpaired) electrons. The van der Waals surface area contributed by atoms with E-state index in [1.54, 1.807) is 31.3 Å². The molecule has 8 heteroatoms. The maximum Gasteiger partial charge on any atom is 0.264 e. The van der Waals surface area contributed by atoms with Gasteiger partial charge in [-0.2, -0.15) is 5.10 Å². The molecule has 3 rings (SSSR count). The van der Waals surface area contributed by atoms with Crippen LogP contribution in [0.1, 0.15) is 6.42 Å². The van der Waals surface area contributed by atoms with Gasteiger partial charge in [0.1, 0.15) is 5.39 Å². The Balaban J connectivity index is 1.69. The molecule has 0 fully saturated rings. The smallest absolute Gasteiger partial charge is 0.264 e. The summed E-state index contributed by atoms with van der Waals surface area (Å²) in [5, 5.41) is 7.73. The van der Waals surface area contributed by atoms with Crippen molar-refractivity contribution >= 4 is 34.2 Å². The molecule has 3 aromatic rings. The Kier molecular flexibility index (Phi) is 4.12. The summed E-state index contributed by atoms with van der Waals surface area (Å²) in [7, 11) is 1.72. The summed E-state index contributed by atoms with van der Waals surface area (Å²) >= 11 is 5.87. The van der Waals surface area contributed by atoms with Crippen LogP contribution >= 0.6 is 11.6 Å². The first-order valence-electron chi connectivity index (χ1n) is 6.97. The van der Waals surface area contributed by atoms with E-state index in [4.69, 9.17) is 11.6 Å². The maximum absolute atomic E-state index is 12.3. The number of rotatable bonds is 4. The number of nitrogens with zero attached hydrogens (tertiary/aromatic N) is 4. The lowest BCUT2D eigenvalue weighted by atomic mass is 10.3. The van der Waals surface area contributed by atoms with Crippen LogP contribution in [0, 0.1) is 0 Å². The first-order chi connectivity index (χ1) is 11.0. The molecular formula is C15H14ClN5O2. The number of aryl methyl sites for hydroxylation is 2. The zero-order valence-electron chi connectivity index (χ0n) is 12.4. The van der Waals surface area contributed by atoms with E-state index < -0.39 is 0 Å². The summed E-state index contributed by atoms with van der Waals surface area (Å²) in [5.74, 6) is -0.203. The molecule has 118 valence electrons. The van der Waals surface area contributed by atoms with Crippen LogP contribution in [0.15, 0.2) is 41.6 Å². The molecule has 0 aliphatic rings. The van der Waals surface area contributed by atoms with Crippen molar-refractivity contribution in [3.05, 3.63) is 52.2 Å². The number of anilines is 1. The quantitative estimate of drug-likeness (QED) is 0.790. The predicted molar refractivity (Wildman–Crippen MR) is 87.5 cm³/mol. The predicted octanol–water partition coefficient (Wildman–Crippen LogP) is 1.81. The molecule has 1 aromatic carbocycles. The third-order valence-corrected chi connectivity index (χ3v) is 3.64. The van der Waals surface area contributed by atoms with Gasteiger partial charge in [-0.15, -0.1) is 0 Å². The highest BCUT2D eigenvalue weighted by Gasteiger charge is 2.09. The van der Waals surface area contributed by atoms with Gasteiger partial charge in [-0.25, -0.2) is 4.98 Å². The minimum atomic E-state index is -0.210. The molecule has 23 heavy (non-hydrogen) atoms. The number of halogens is 1. The zero-order chi connectivity index (χ0) is 16.4. The third-order valence-electron chi connectivity index (χ3n) is 3.41. The van der Waals surface area contributed by atoms with Crippen molar-refractivity contribution in [2.75, 3.05) is 5.32 Å². The van der Waals surface area contributed by atoms with Crippen LogP contribution in [-0.2, 0) is 18.4 Å². The van der Waals surface area contributed by atoms with Crippen molar-refractivity contribution in [3.63, 3.8) is 0 Å². The van der Waals surface area contributed by atoms with Gasteiger partial charge in [-0.3, -0.25) is 18.8 Å². The number of amides is 1. The van der Waals surface area contributed by atoms with E-state index >= 15 is 0 Å². The van der Waals surface area contributed by atoms with Crippen LogP contribution in [-0.4, -0.2) is 25.2 Å². The minimum Gasteiger partial charge on any atom is -0.326 e. The highest BCUT2D eigenvalue weighted by Crippen LogP contribution is 2.15. The standard InChI is InChI=1S/C15H14ClN5O2/c1-20-14-12(8-18-20)15(23)21(9-17-14)6-5-13(22)19-11-4-2-3-10(16)7-11/h2-4,7-9H,5-6H2,1H3,(H,19,22). The van der Waals surface area contributed by atoms with Gasteiger partial charge in [0.15, 0.2) is 5.65 Å². The molecule has 1 N–H and O–H groups in total. The van der Waals surface area contributed by atoms with E-state index in [-0.39, 0.29) is 24.4 Å². The van der Waals surface area contributed by atoms with Gasteiger partial charge in [-0.1, -0.05) is 17.7 Å². The molecule has 1 amide bonds. The lowest BCUT2D eigenvalue weighted by Gasteiger charge is -2.07. The van der Waals surface area contributed by atoms with E-state index in [1.165, 1.54) is 21.8 Å². The van der Waals surface area contributed by atoms with Crippen LogP contribution < -0.4 is 10.9 Å². The van der Waals surface area contributed by atoms with Gasteiger partial charge < -0.3 is 5.32 Å². The molecule has 0 spiro atoms. The highest BCUT2D eigenvalue weighted by molar-refractivity contribution is 6.30.